The highest BCUT2D eigenvalue weighted by molar-refractivity contribution is 7.21. The number of anilines is 3. The van der Waals surface area contributed by atoms with Crippen LogP contribution >= 0.6 is 11.3 Å². The minimum absolute atomic E-state index is 0.0483. The van der Waals surface area contributed by atoms with Gasteiger partial charge in [-0.1, -0.05) is 12.8 Å². The fraction of sp³-hybridized carbons (Fsp3) is 0.400. The van der Waals surface area contributed by atoms with Crippen LogP contribution in [0.4, 0.5) is 21.9 Å². The number of carbonyl (C=O) groups excluding carboxylic acids is 2. The molecule has 0 saturated heterocycles. The van der Waals surface area contributed by atoms with Gasteiger partial charge in [-0.25, -0.2) is 9.78 Å². The highest BCUT2D eigenvalue weighted by atomic mass is 32.1. The molecule has 3 heterocycles. The SMILES string of the molecule is Cc1cc(OC(C)C)ccc1N1C(=O)Nc2c(C(=O)NC3CCCCC3N)sc3nccc1c23. The molecule has 3 aromatic rings. The van der Waals surface area contributed by atoms with Gasteiger partial charge in [0.25, 0.3) is 5.91 Å². The van der Waals surface area contributed by atoms with Gasteiger partial charge in [0.15, 0.2) is 0 Å². The van der Waals surface area contributed by atoms with E-state index in [1.54, 1.807) is 11.1 Å². The molecule has 2 unspecified atom stereocenters. The molecule has 0 spiro atoms. The number of nitrogens with one attached hydrogen (secondary N) is 2. The first-order valence-corrected chi connectivity index (χ1v) is 12.5. The van der Waals surface area contributed by atoms with Crippen molar-refractivity contribution in [3.05, 3.63) is 40.9 Å². The van der Waals surface area contributed by atoms with Crippen LogP contribution in [0.5, 0.6) is 5.75 Å². The highest BCUT2D eigenvalue weighted by Crippen LogP contribution is 2.46. The average Bonchev–Trinajstić information content (AvgIpc) is 3.16. The first-order valence-electron chi connectivity index (χ1n) is 11.7. The van der Waals surface area contributed by atoms with E-state index in [-0.39, 0.29) is 30.1 Å². The van der Waals surface area contributed by atoms with E-state index >= 15 is 0 Å². The Kier molecular flexibility index (Phi) is 5.91. The zero-order valence-electron chi connectivity index (χ0n) is 19.6. The Labute approximate surface area is 202 Å². The lowest BCUT2D eigenvalue weighted by Crippen LogP contribution is -2.49. The largest absolute Gasteiger partial charge is 0.491 e. The number of nitrogens with two attached hydrogens (primary N) is 1. The van der Waals surface area contributed by atoms with E-state index in [4.69, 9.17) is 10.5 Å². The molecule has 1 aromatic carbocycles. The van der Waals surface area contributed by atoms with E-state index in [1.165, 1.54) is 11.3 Å². The number of ether oxygens (including phenoxy) is 1. The second-order valence-corrected chi connectivity index (χ2v) is 10.2. The molecular weight excluding hydrogens is 450 g/mol. The van der Waals surface area contributed by atoms with Crippen LogP contribution in [0.25, 0.3) is 10.2 Å². The third-order valence-corrected chi connectivity index (χ3v) is 7.47. The first-order chi connectivity index (χ1) is 16.3. The summed E-state index contributed by atoms with van der Waals surface area (Å²) in [4.78, 5) is 33.8. The Hall–Kier alpha value is -3.17. The number of rotatable bonds is 5. The molecule has 0 bridgehead atoms. The van der Waals surface area contributed by atoms with Crippen molar-refractivity contribution in [3.63, 3.8) is 0 Å². The Morgan fingerprint density at radius 3 is 2.79 bits per heavy atom. The van der Waals surface area contributed by atoms with E-state index in [1.807, 2.05) is 45.0 Å². The predicted molar refractivity (Wildman–Crippen MR) is 135 cm³/mol. The highest BCUT2D eigenvalue weighted by Gasteiger charge is 2.34. The number of benzene rings is 1. The summed E-state index contributed by atoms with van der Waals surface area (Å²) in [6.07, 6.45) is 5.65. The Morgan fingerprint density at radius 2 is 2.06 bits per heavy atom. The summed E-state index contributed by atoms with van der Waals surface area (Å²) >= 11 is 1.29. The van der Waals surface area contributed by atoms with Crippen LogP contribution in [0.3, 0.4) is 0 Å². The van der Waals surface area contributed by atoms with Crippen molar-refractivity contribution in [1.29, 1.82) is 0 Å². The summed E-state index contributed by atoms with van der Waals surface area (Å²) < 4.78 is 5.80. The number of aromatic nitrogens is 1. The maximum Gasteiger partial charge on any atom is 0.331 e. The van der Waals surface area contributed by atoms with Crippen LogP contribution in [-0.4, -0.2) is 35.1 Å². The van der Waals surface area contributed by atoms with Gasteiger partial charge in [0.05, 0.1) is 28.6 Å². The quantitative estimate of drug-likeness (QED) is 0.473. The number of aryl methyl sites for hydroxylation is 1. The molecule has 2 atom stereocenters. The Morgan fingerprint density at radius 1 is 1.26 bits per heavy atom. The van der Waals surface area contributed by atoms with Crippen LogP contribution in [0.15, 0.2) is 30.5 Å². The lowest BCUT2D eigenvalue weighted by Gasteiger charge is -2.30. The molecule has 1 saturated carbocycles. The predicted octanol–water partition coefficient (Wildman–Crippen LogP) is 5.08. The number of hydrogen-bond acceptors (Lipinski definition) is 6. The molecule has 5 rings (SSSR count). The molecular formula is C25H29N5O3S. The summed E-state index contributed by atoms with van der Waals surface area (Å²) in [7, 11) is 0. The summed E-state index contributed by atoms with van der Waals surface area (Å²) in [6, 6.07) is 7.06. The van der Waals surface area contributed by atoms with Crippen molar-refractivity contribution < 1.29 is 14.3 Å². The molecule has 2 aliphatic rings. The fourth-order valence-electron chi connectivity index (χ4n) is 4.78. The second kappa shape index (κ2) is 8.88. The number of hydrogen-bond donors (Lipinski definition) is 3. The molecule has 1 aliphatic heterocycles. The fourth-order valence-corrected chi connectivity index (χ4v) is 5.80. The minimum atomic E-state index is -0.317. The molecule has 0 radical (unpaired) electrons. The van der Waals surface area contributed by atoms with Gasteiger partial charge in [-0.3, -0.25) is 9.69 Å². The van der Waals surface area contributed by atoms with Crippen LogP contribution in [0.2, 0.25) is 0 Å². The van der Waals surface area contributed by atoms with Crippen LogP contribution < -0.4 is 26.0 Å². The van der Waals surface area contributed by atoms with Gasteiger partial charge < -0.3 is 21.1 Å². The molecule has 4 N–H and O–H groups in total. The van der Waals surface area contributed by atoms with Crippen LogP contribution in [0.1, 0.15) is 54.8 Å². The number of nitrogens with zero attached hydrogens (tertiary/aromatic N) is 2. The Bertz CT molecular complexity index is 1270. The number of urea groups is 1. The van der Waals surface area contributed by atoms with Gasteiger partial charge in [-0.05, 0) is 63.4 Å². The van der Waals surface area contributed by atoms with Gasteiger partial charge in [0.2, 0.25) is 0 Å². The minimum Gasteiger partial charge on any atom is -0.491 e. The molecule has 3 amide bonds. The molecule has 1 fully saturated rings. The number of amides is 3. The van der Waals surface area contributed by atoms with E-state index < -0.39 is 0 Å². The number of pyridine rings is 1. The summed E-state index contributed by atoms with van der Waals surface area (Å²) in [5.74, 6) is 0.538. The average molecular weight is 480 g/mol. The molecule has 2 aromatic heterocycles. The molecule has 34 heavy (non-hydrogen) atoms. The van der Waals surface area contributed by atoms with E-state index in [9.17, 15) is 9.59 Å². The number of thiophene rings is 1. The lowest BCUT2D eigenvalue weighted by atomic mass is 9.91. The second-order valence-electron chi connectivity index (χ2n) is 9.23. The summed E-state index contributed by atoms with van der Waals surface area (Å²) in [6.45, 7) is 5.90. The summed E-state index contributed by atoms with van der Waals surface area (Å²) in [5, 5.41) is 6.82. The van der Waals surface area contributed by atoms with E-state index in [0.29, 0.717) is 21.1 Å². The van der Waals surface area contributed by atoms with E-state index in [2.05, 4.69) is 15.6 Å². The Balaban J connectivity index is 1.52. The maximum atomic E-state index is 13.3. The van der Waals surface area contributed by atoms with Gasteiger partial charge in [0.1, 0.15) is 15.5 Å². The monoisotopic (exact) mass is 479 g/mol. The molecule has 1 aliphatic carbocycles. The third-order valence-electron chi connectivity index (χ3n) is 6.37. The van der Waals surface area contributed by atoms with Crippen LogP contribution in [0, 0.1) is 6.92 Å². The third kappa shape index (κ3) is 3.99. The molecule has 8 nitrogen and oxygen atoms in total. The molecule has 9 heteroatoms. The van der Waals surface area contributed by atoms with Crippen molar-refractivity contribution in [2.45, 2.75) is 64.6 Å². The zero-order chi connectivity index (χ0) is 24.0. The van der Waals surface area contributed by atoms with Gasteiger partial charge >= 0.3 is 6.03 Å². The number of carbonyl (C=O) groups is 2. The van der Waals surface area contributed by atoms with Crippen molar-refractivity contribution in [3.8, 4) is 5.75 Å². The van der Waals surface area contributed by atoms with Crippen molar-refractivity contribution in [2.75, 3.05) is 10.2 Å². The maximum absolute atomic E-state index is 13.3. The van der Waals surface area contributed by atoms with Gasteiger partial charge in [-0.15, -0.1) is 11.3 Å². The van der Waals surface area contributed by atoms with Gasteiger partial charge in [0, 0.05) is 18.3 Å². The first kappa shape index (κ1) is 22.6. The zero-order valence-corrected chi connectivity index (χ0v) is 20.4. The van der Waals surface area contributed by atoms with E-state index in [0.717, 1.165) is 48.1 Å². The lowest BCUT2D eigenvalue weighted by molar-refractivity contribution is 0.0926. The normalized spacial score (nSPS) is 19.9. The standard InChI is InChI=1S/C25H29N5O3S/c1-13(2)33-15-8-9-18(14(3)12-15)30-19-10-11-27-24-20(19)21(29-25(30)32)22(34-24)23(31)28-17-7-5-4-6-16(17)26/h8-13,16-17H,4-7,26H2,1-3H3,(H,28,31)(H,29,32). The van der Waals surface area contributed by atoms with Crippen molar-refractivity contribution >= 4 is 50.6 Å². The molecule has 178 valence electrons. The van der Waals surface area contributed by atoms with Crippen LogP contribution in [-0.2, 0) is 0 Å². The summed E-state index contributed by atoms with van der Waals surface area (Å²) in [5.41, 5.74) is 9.10. The van der Waals surface area contributed by atoms with Gasteiger partial charge in [-0.2, -0.15) is 0 Å². The van der Waals surface area contributed by atoms with Crippen molar-refractivity contribution in [2.24, 2.45) is 5.73 Å². The smallest absolute Gasteiger partial charge is 0.331 e. The topological polar surface area (TPSA) is 110 Å². The van der Waals surface area contributed by atoms with Crippen molar-refractivity contribution in [1.82, 2.24) is 10.3 Å².